The van der Waals surface area contributed by atoms with E-state index in [0.717, 1.165) is 27.9 Å². The Morgan fingerprint density at radius 1 is 0.941 bits per heavy atom. The van der Waals surface area contributed by atoms with Gasteiger partial charge in [0.15, 0.2) is 11.0 Å². The summed E-state index contributed by atoms with van der Waals surface area (Å²) in [5, 5.41) is 11.6. The SMILES string of the molecule is O=C(NCc1nnc(SCc2ccc(Br)cc2)n1-c1ccccc1)c1ccccc1C(F)(F)F. The second kappa shape index (κ2) is 10.4. The molecule has 0 fully saturated rings. The van der Waals surface area contributed by atoms with E-state index in [2.05, 4.69) is 31.4 Å². The average molecular weight is 547 g/mol. The van der Waals surface area contributed by atoms with Gasteiger partial charge >= 0.3 is 6.18 Å². The maximum absolute atomic E-state index is 13.3. The molecule has 0 saturated carbocycles. The molecule has 1 amide bonds. The smallest absolute Gasteiger partial charge is 0.345 e. The van der Waals surface area contributed by atoms with E-state index < -0.39 is 23.2 Å². The van der Waals surface area contributed by atoms with Crippen molar-refractivity contribution < 1.29 is 18.0 Å². The Labute approximate surface area is 206 Å². The van der Waals surface area contributed by atoms with Crippen LogP contribution in [-0.4, -0.2) is 20.7 Å². The lowest BCUT2D eigenvalue weighted by Crippen LogP contribution is -2.27. The van der Waals surface area contributed by atoms with Gasteiger partial charge in [0.25, 0.3) is 5.91 Å². The number of carbonyl (C=O) groups excluding carboxylic acids is 1. The normalized spacial score (nSPS) is 11.4. The van der Waals surface area contributed by atoms with Crippen LogP contribution in [0.4, 0.5) is 13.2 Å². The van der Waals surface area contributed by atoms with E-state index in [1.165, 1.54) is 23.9 Å². The maximum Gasteiger partial charge on any atom is 0.417 e. The van der Waals surface area contributed by atoms with E-state index in [1.54, 1.807) is 4.57 Å². The summed E-state index contributed by atoms with van der Waals surface area (Å²) in [7, 11) is 0. The highest BCUT2D eigenvalue weighted by molar-refractivity contribution is 9.10. The topological polar surface area (TPSA) is 59.8 Å². The fourth-order valence-electron chi connectivity index (χ4n) is 3.26. The van der Waals surface area contributed by atoms with Crippen LogP contribution in [0.25, 0.3) is 5.69 Å². The monoisotopic (exact) mass is 546 g/mol. The molecule has 4 rings (SSSR count). The van der Waals surface area contributed by atoms with Gasteiger partial charge in [-0.1, -0.05) is 70.2 Å². The number of benzene rings is 3. The minimum Gasteiger partial charge on any atom is -0.345 e. The molecular weight excluding hydrogens is 529 g/mol. The lowest BCUT2D eigenvalue weighted by Gasteiger charge is -2.13. The van der Waals surface area contributed by atoms with Crippen LogP contribution in [0.1, 0.15) is 27.3 Å². The summed E-state index contributed by atoms with van der Waals surface area (Å²) >= 11 is 4.89. The number of aromatic nitrogens is 3. The number of thioether (sulfide) groups is 1. The lowest BCUT2D eigenvalue weighted by molar-refractivity contribution is -0.137. The van der Waals surface area contributed by atoms with Gasteiger partial charge in [-0.25, -0.2) is 0 Å². The predicted octanol–water partition coefficient (Wildman–Crippen LogP) is 6.27. The van der Waals surface area contributed by atoms with Crippen molar-refractivity contribution in [1.82, 2.24) is 20.1 Å². The minimum atomic E-state index is -4.63. The highest BCUT2D eigenvalue weighted by Gasteiger charge is 2.34. The molecule has 3 aromatic carbocycles. The van der Waals surface area contributed by atoms with Crippen LogP contribution in [0.2, 0.25) is 0 Å². The number of para-hydroxylation sites is 1. The number of rotatable bonds is 7. The Hall–Kier alpha value is -3.11. The molecule has 0 bridgehead atoms. The van der Waals surface area contributed by atoms with Crippen molar-refractivity contribution in [2.45, 2.75) is 23.6 Å². The zero-order chi connectivity index (χ0) is 24.1. The molecule has 1 N–H and O–H groups in total. The second-order valence-electron chi connectivity index (χ2n) is 7.21. The average Bonchev–Trinajstić information content (AvgIpc) is 3.25. The molecule has 0 radical (unpaired) electrons. The quantitative estimate of drug-likeness (QED) is 0.277. The van der Waals surface area contributed by atoms with Gasteiger partial charge in [0, 0.05) is 15.9 Å². The van der Waals surface area contributed by atoms with E-state index in [0.29, 0.717) is 16.7 Å². The number of alkyl halides is 3. The van der Waals surface area contributed by atoms with Crippen molar-refractivity contribution >= 4 is 33.6 Å². The predicted molar refractivity (Wildman–Crippen MR) is 128 cm³/mol. The van der Waals surface area contributed by atoms with Gasteiger partial charge in [0.2, 0.25) is 0 Å². The number of halogens is 4. The first kappa shape index (κ1) is 24.0. The zero-order valence-electron chi connectivity index (χ0n) is 17.6. The standard InChI is InChI=1S/C24H18BrF3N4OS/c25-17-12-10-16(11-13-17)15-34-23-31-30-21(32(23)18-6-2-1-3-7-18)14-29-22(33)19-8-4-5-9-20(19)24(26,27)28/h1-13H,14-15H2,(H,29,33). The third-order valence-electron chi connectivity index (χ3n) is 4.88. The highest BCUT2D eigenvalue weighted by atomic mass is 79.9. The van der Waals surface area contributed by atoms with Crippen LogP contribution < -0.4 is 5.32 Å². The van der Waals surface area contributed by atoms with Gasteiger partial charge in [0.1, 0.15) is 0 Å². The van der Waals surface area contributed by atoms with E-state index in [9.17, 15) is 18.0 Å². The van der Waals surface area contributed by atoms with Crippen LogP contribution in [0.5, 0.6) is 0 Å². The molecule has 0 saturated heterocycles. The van der Waals surface area contributed by atoms with Crippen LogP contribution in [0.3, 0.4) is 0 Å². The van der Waals surface area contributed by atoms with E-state index >= 15 is 0 Å². The summed E-state index contributed by atoms with van der Waals surface area (Å²) in [5.41, 5.74) is 0.452. The molecule has 0 unspecified atom stereocenters. The van der Waals surface area contributed by atoms with E-state index in [-0.39, 0.29) is 6.54 Å². The van der Waals surface area contributed by atoms with Crippen molar-refractivity contribution in [2.24, 2.45) is 0 Å². The molecule has 0 aliphatic heterocycles. The number of carbonyl (C=O) groups is 1. The molecule has 1 heterocycles. The van der Waals surface area contributed by atoms with Crippen molar-refractivity contribution in [1.29, 1.82) is 0 Å². The molecule has 5 nitrogen and oxygen atoms in total. The lowest BCUT2D eigenvalue weighted by atomic mass is 10.1. The summed E-state index contributed by atoms with van der Waals surface area (Å²) in [6.07, 6.45) is -4.63. The fourth-order valence-corrected chi connectivity index (χ4v) is 4.45. The van der Waals surface area contributed by atoms with Gasteiger partial charge in [-0.05, 0) is 42.0 Å². The van der Waals surface area contributed by atoms with Gasteiger partial charge in [-0.2, -0.15) is 13.2 Å². The third kappa shape index (κ3) is 5.68. The van der Waals surface area contributed by atoms with Crippen molar-refractivity contribution in [3.8, 4) is 5.69 Å². The molecule has 174 valence electrons. The van der Waals surface area contributed by atoms with Crippen molar-refractivity contribution in [3.63, 3.8) is 0 Å². The molecule has 0 aliphatic carbocycles. The number of nitrogens with zero attached hydrogens (tertiary/aromatic N) is 3. The largest absolute Gasteiger partial charge is 0.417 e. The summed E-state index contributed by atoms with van der Waals surface area (Å²) in [6.45, 7) is -0.0915. The van der Waals surface area contributed by atoms with Crippen LogP contribution in [-0.2, 0) is 18.5 Å². The first-order valence-electron chi connectivity index (χ1n) is 10.1. The Morgan fingerprint density at radius 3 is 2.32 bits per heavy atom. The second-order valence-corrected chi connectivity index (χ2v) is 9.07. The van der Waals surface area contributed by atoms with Crippen LogP contribution in [0.15, 0.2) is 88.5 Å². The highest BCUT2D eigenvalue weighted by Crippen LogP contribution is 2.32. The number of hydrogen-bond donors (Lipinski definition) is 1. The number of hydrogen-bond acceptors (Lipinski definition) is 4. The Balaban J connectivity index is 1.56. The van der Waals surface area contributed by atoms with Crippen LogP contribution in [0, 0.1) is 0 Å². The summed E-state index contributed by atoms with van der Waals surface area (Å²) < 4.78 is 42.7. The van der Waals surface area contributed by atoms with Gasteiger partial charge in [-0.15, -0.1) is 10.2 Å². The molecule has 1 aromatic heterocycles. The third-order valence-corrected chi connectivity index (χ3v) is 6.41. The molecule has 34 heavy (non-hydrogen) atoms. The summed E-state index contributed by atoms with van der Waals surface area (Å²) in [5.74, 6) is 0.214. The van der Waals surface area contributed by atoms with Gasteiger partial charge in [-0.3, -0.25) is 9.36 Å². The van der Waals surface area contributed by atoms with Gasteiger partial charge in [0.05, 0.1) is 17.7 Å². The first-order chi connectivity index (χ1) is 16.3. The summed E-state index contributed by atoms with van der Waals surface area (Å²) in [4.78, 5) is 12.6. The van der Waals surface area contributed by atoms with Crippen molar-refractivity contribution in [3.05, 3.63) is 106 Å². The molecule has 0 atom stereocenters. The Morgan fingerprint density at radius 2 is 1.62 bits per heavy atom. The summed E-state index contributed by atoms with van der Waals surface area (Å²) in [6, 6.07) is 21.9. The molecule has 4 aromatic rings. The number of nitrogens with one attached hydrogen (secondary N) is 1. The number of amides is 1. The first-order valence-corrected chi connectivity index (χ1v) is 11.9. The van der Waals surface area contributed by atoms with Gasteiger partial charge < -0.3 is 5.32 Å². The van der Waals surface area contributed by atoms with E-state index in [4.69, 9.17) is 0 Å². The maximum atomic E-state index is 13.3. The Bertz CT molecular complexity index is 1280. The zero-order valence-corrected chi connectivity index (χ0v) is 20.0. The van der Waals surface area contributed by atoms with Crippen LogP contribution >= 0.6 is 27.7 Å². The molecular formula is C24H18BrF3N4OS. The Kier molecular flexibility index (Phi) is 7.38. The van der Waals surface area contributed by atoms with E-state index in [1.807, 2.05) is 54.6 Å². The molecule has 0 spiro atoms. The van der Waals surface area contributed by atoms with Crippen molar-refractivity contribution in [2.75, 3.05) is 0 Å². The molecule has 0 aliphatic rings. The fraction of sp³-hybridized carbons (Fsp3) is 0.125. The minimum absolute atomic E-state index is 0.0915. The molecule has 10 heteroatoms.